The number of Topliss-reactive ketones (excluding diaryl/α,β-unsaturated/α-hetero) is 1. The Morgan fingerprint density at radius 1 is 1.38 bits per heavy atom. The van der Waals surface area contributed by atoms with Gasteiger partial charge in [-0.2, -0.15) is 0 Å². The van der Waals surface area contributed by atoms with Crippen LogP contribution in [0.3, 0.4) is 0 Å². The zero-order valence-electron chi connectivity index (χ0n) is 9.81. The lowest BCUT2D eigenvalue weighted by Gasteiger charge is -2.16. The van der Waals surface area contributed by atoms with E-state index in [2.05, 4.69) is 0 Å². The molecule has 0 saturated carbocycles. The SMILES string of the molecule is CC(C)(C)CC(=O)Cc1ccc(Cl)cc1F. The minimum Gasteiger partial charge on any atom is -0.299 e. The molecular formula is C13H16ClFO. The molecule has 0 fully saturated rings. The molecule has 3 heteroatoms. The van der Waals surface area contributed by atoms with Crippen LogP contribution in [0.1, 0.15) is 32.8 Å². The van der Waals surface area contributed by atoms with Gasteiger partial charge in [-0.15, -0.1) is 0 Å². The molecule has 16 heavy (non-hydrogen) atoms. The Labute approximate surface area is 101 Å². The Hall–Kier alpha value is -0.890. The molecule has 0 N–H and O–H groups in total. The van der Waals surface area contributed by atoms with Crippen molar-refractivity contribution >= 4 is 17.4 Å². The van der Waals surface area contributed by atoms with Gasteiger partial charge < -0.3 is 0 Å². The van der Waals surface area contributed by atoms with Crippen molar-refractivity contribution in [3.8, 4) is 0 Å². The normalized spacial score (nSPS) is 11.6. The monoisotopic (exact) mass is 242 g/mol. The molecule has 0 spiro atoms. The highest BCUT2D eigenvalue weighted by molar-refractivity contribution is 6.30. The van der Waals surface area contributed by atoms with E-state index in [1.54, 1.807) is 12.1 Å². The number of carbonyl (C=O) groups is 1. The number of rotatable bonds is 3. The van der Waals surface area contributed by atoms with Crippen LogP contribution in [0.4, 0.5) is 4.39 Å². The first kappa shape index (κ1) is 13.2. The van der Waals surface area contributed by atoms with Gasteiger partial charge in [0, 0.05) is 17.9 Å². The van der Waals surface area contributed by atoms with E-state index in [9.17, 15) is 9.18 Å². The van der Waals surface area contributed by atoms with Gasteiger partial charge in [-0.25, -0.2) is 4.39 Å². The Morgan fingerprint density at radius 2 is 2.00 bits per heavy atom. The molecule has 1 aromatic rings. The molecule has 0 amide bonds. The van der Waals surface area contributed by atoms with Gasteiger partial charge >= 0.3 is 0 Å². The van der Waals surface area contributed by atoms with E-state index < -0.39 is 5.82 Å². The van der Waals surface area contributed by atoms with E-state index in [1.165, 1.54) is 6.07 Å². The van der Waals surface area contributed by atoms with Gasteiger partial charge in [-0.3, -0.25) is 4.79 Å². The number of hydrogen-bond donors (Lipinski definition) is 0. The van der Waals surface area contributed by atoms with E-state index >= 15 is 0 Å². The van der Waals surface area contributed by atoms with E-state index in [0.717, 1.165) is 0 Å². The van der Waals surface area contributed by atoms with Gasteiger partial charge in [0.15, 0.2) is 0 Å². The Bertz CT molecular complexity index is 393. The molecule has 0 aliphatic heterocycles. The van der Waals surface area contributed by atoms with Crippen molar-refractivity contribution in [1.82, 2.24) is 0 Å². The average molecular weight is 243 g/mol. The van der Waals surface area contributed by atoms with Gasteiger partial charge in [-0.1, -0.05) is 38.4 Å². The maximum atomic E-state index is 13.4. The zero-order valence-corrected chi connectivity index (χ0v) is 10.6. The van der Waals surface area contributed by atoms with E-state index in [-0.39, 0.29) is 17.6 Å². The third kappa shape index (κ3) is 4.31. The minimum atomic E-state index is -0.408. The third-order valence-corrected chi connectivity index (χ3v) is 2.37. The molecule has 1 aromatic carbocycles. The summed E-state index contributed by atoms with van der Waals surface area (Å²) in [4.78, 5) is 11.7. The molecule has 0 aromatic heterocycles. The molecule has 0 unspecified atom stereocenters. The molecule has 0 radical (unpaired) electrons. The Balaban J connectivity index is 2.70. The lowest BCUT2D eigenvalue weighted by molar-refractivity contribution is -0.120. The number of carbonyl (C=O) groups excluding carboxylic acids is 1. The van der Waals surface area contributed by atoms with Crippen molar-refractivity contribution < 1.29 is 9.18 Å². The summed E-state index contributed by atoms with van der Waals surface area (Å²) < 4.78 is 13.4. The number of hydrogen-bond acceptors (Lipinski definition) is 1. The van der Waals surface area contributed by atoms with Crippen LogP contribution >= 0.6 is 11.6 Å². The van der Waals surface area contributed by atoms with E-state index in [1.807, 2.05) is 20.8 Å². The van der Waals surface area contributed by atoms with Crippen molar-refractivity contribution in [1.29, 1.82) is 0 Å². The first-order valence-electron chi connectivity index (χ1n) is 5.23. The smallest absolute Gasteiger partial charge is 0.137 e. The standard InChI is InChI=1S/C13H16ClFO/c1-13(2,3)8-11(16)6-9-4-5-10(14)7-12(9)15/h4-5,7H,6,8H2,1-3H3. The van der Waals surface area contributed by atoms with Crippen LogP contribution in [-0.2, 0) is 11.2 Å². The molecule has 0 aliphatic carbocycles. The summed E-state index contributed by atoms with van der Waals surface area (Å²) in [5, 5.41) is 0.351. The maximum absolute atomic E-state index is 13.4. The van der Waals surface area contributed by atoms with Crippen molar-refractivity contribution in [2.75, 3.05) is 0 Å². The predicted molar refractivity (Wildman–Crippen MR) is 64.2 cm³/mol. The topological polar surface area (TPSA) is 17.1 Å². The first-order chi connectivity index (χ1) is 7.28. The van der Waals surface area contributed by atoms with Crippen molar-refractivity contribution in [2.45, 2.75) is 33.6 Å². The second-order valence-electron chi connectivity index (χ2n) is 5.19. The fraction of sp³-hybridized carbons (Fsp3) is 0.462. The highest BCUT2D eigenvalue weighted by Gasteiger charge is 2.17. The zero-order chi connectivity index (χ0) is 12.3. The van der Waals surface area contributed by atoms with Crippen molar-refractivity contribution in [2.24, 2.45) is 5.41 Å². The summed E-state index contributed by atoms with van der Waals surface area (Å²) in [5.41, 5.74) is 0.360. The predicted octanol–water partition coefficient (Wildman–Crippen LogP) is 4.03. The maximum Gasteiger partial charge on any atom is 0.137 e. The molecule has 0 saturated heterocycles. The molecule has 0 atom stereocenters. The van der Waals surface area contributed by atoms with Crippen molar-refractivity contribution in [3.63, 3.8) is 0 Å². The van der Waals surface area contributed by atoms with Crippen LogP contribution in [-0.4, -0.2) is 5.78 Å². The van der Waals surface area contributed by atoms with Gasteiger partial charge in [0.25, 0.3) is 0 Å². The summed E-state index contributed by atoms with van der Waals surface area (Å²) in [6.45, 7) is 5.97. The van der Waals surface area contributed by atoms with Crippen LogP contribution in [0.15, 0.2) is 18.2 Å². The van der Waals surface area contributed by atoms with Gasteiger partial charge in [-0.05, 0) is 23.1 Å². The summed E-state index contributed by atoms with van der Waals surface area (Å²) in [6.07, 6.45) is 0.593. The van der Waals surface area contributed by atoms with E-state index in [0.29, 0.717) is 17.0 Å². The van der Waals surface area contributed by atoms with Crippen LogP contribution in [0.2, 0.25) is 5.02 Å². The molecule has 0 bridgehead atoms. The fourth-order valence-corrected chi connectivity index (χ4v) is 1.69. The highest BCUT2D eigenvalue weighted by Crippen LogP contribution is 2.21. The summed E-state index contributed by atoms with van der Waals surface area (Å²) in [5.74, 6) is -0.358. The Morgan fingerprint density at radius 3 is 2.50 bits per heavy atom. The number of benzene rings is 1. The van der Waals surface area contributed by atoms with Crippen LogP contribution < -0.4 is 0 Å². The van der Waals surface area contributed by atoms with E-state index in [4.69, 9.17) is 11.6 Å². The molecule has 0 heterocycles. The van der Waals surface area contributed by atoms with Crippen LogP contribution in [0.25, 0.3) is 0 Å². The fourth-order valence-electron chi connectivity index (χ4n) is 1.53. The summed E-state index contributed by atoms with van der Waals surface area (Å²) in [7, 11) is 0. The molecule has 0 aliphatic rings. The van der Waals surface area contributed by atoms with Gasteiger partial charge in [0.05, 0.1) is 0 Å². The second-order valence-corrected chi connectivity index (χ2v) is 5.63. The van der Waals surface area contributed by atoms with Crippen molar-refractivity contribution in [3.05, 3.63) is 34.6 Å². The van der Waals surface area contributed by atoms with Crippen LogP contribution in [0.5, 0.6) is 0 Å². The minimum absolute atomic E-state index is 0.0497. The number of halogens is 2. The summed E-state index contributed by atoms with van der Waals surface area (Å²) >= 11 is 5.64. The molecular weight excluding hydrogens is 227 g/mol. The van der Waals surface area contributed by atoms with Crippen LogP contribution in [0, 0.1) is 11.2 Å². The first-order valence-corrected chi connectivity index (χ1v) is 5.61. The lowest BCUT2D eigenvalue weighted by Crippen LogP contribution is -2.15. The largest absolute Gasteiger partial charge is 0.299 e. The molecule has 1 nitrogen and oxygen atoms in total. The summed E-state index contributed by atoms with van der Waals surface area (Å²) in [6, 6.07) is 4.41. The third-order valence-electron chi connectivity index (χ3n) is 2.13. The second kappa shape index (κ2) is 4.96. The Kier molecular flexibility index (Phi) is 4.09. The number of ketones is 1. The molecule has 1 rings (SSSR count). The highest BCUT2D eigenvalue weighted by atomic mass is 35.5. The lowest BCUT2D eigenvalue weighted by atomic mass is 9.88. The average Bonchev–Trinajstić information content (AvgIpc) is 2.06. The van der Waals surface area contributed by atoms with Gasteiger partial charge in [0.2, 0.25) is 0 Å². The van der Waals surface area contributed by atoms with Gasteiger partial charge in [0.1, 0.15) is 11.6 Å². The molecule has 88 valence electrons. The quantitative estimate of drug-likeness (QED) is 0.782.